The lowest BCUT2D eigenvalue weighted by Crippen LogP contribution is -2.16. The SMILES string of the molecule is Cc1noc(C)c1S(=O)(=O)Nc1cc(-n2cccn2)ncn1. The van der Waals surface area contributed by atoms with Crippen molar-refractivity contribution < 1.29 is 12.9 Å². The van der Waals surface area contributed by atoms with Crippen LogP contribution in [0.3, 0.4) is 0 Å². The summed E-state index contributed by atoms with van der Waals surface area (Å²) in [5, 5.41) is 7.67. The van der Waals surface area contributed by atoms with Crippen LogP contribution in [0.2, 0.25) is 0 Å². The lowest BCUT2D eigenvalue weighted by atomic mass is 10.4. The molecule has 0 saturated heterocycles. The van der Waals surface area contributed by atoms with E-state index in [2.05, 4.69) is 24.9 Å². The molecule has 0 aliphatic rings. The largest absolute Gasteiger partial charge is 0.360 e. The summed E-state index contributed by atoms with van der Waals surface area (Å²) in [5.74, 6) is 0.781. The van der Waals surface area contributed by atoms with Crippen LogP contribution in [0, 0.1) is 13.8 Å². The van der Waals surface area contributed by atoms with Gasteiger partial charge in [0.2, 0.25) is 0 Å². The van der Waals surface area contributed by atoms with Gasteiger partial charge in [0.25, 0.3) is 10.0 Å². The van der Waals surface area contributed by atoms with Crippen molar-refractivity contribution in [2.45, 2.75) is 18.7 Å². The van der Waals surface area contributed by atoms with Crippen molar-refractivity contribution >= 4 is 15.8 Å². The number of sulfonamides is 1. The zero-order valence-electron chi connectivity index (χ0n) is 11.8. The third-order valence-electron chi connectivity index (χ3n) is 2.87. The molecule has 0 spiro atoms. The fourth-order valence-electron chi connectivity index (χ4n) is 1.98. The van der Waals surface area contributed by atoms with Crippen LogP contribution in [0.15, 0.2) is 40.3 Å². The molecule has 0 amide bonds. The zero-order chi connectivity index (χ0) is 15.7. The van der Waals surface area contributed by atoms with Gasteiger partial charge in [0.05, 0.1) is 0 Å². The van der Waals surface area contributed by atoms with E-state index in [1.807, 2.05) is 0 Å². The Morgan fingerprint density at radius 3 is 2.73 bits per heavy atom. The highest BCUT2D eigenvalue weighted by Gasteiger charge is 2.24. The first-order valence-electron chi connectivity index (χ1n) is 6.25. The Labute approximate surface area is 126 Å². The number of aromatic nitrogens is 5. The molecule has 3 heterocycles. The van der Waals surface area contributed by atoms with Crippen molar-refractivity contribution in [3.05, 3.63) is 42.3 Å². The standard InChI is InChI=1S/C12H12N6O3S/c1-8-12(9(2)21-16-8)22(19,20)17-10-6-11(14-7-13-10)18-5-3-4-15-18/h3-7H,1-2H3,(H,13,14,17). The van der Waals surface area contributed by atoms with Crippen molar-refractivity contribution in [3.8, 4) is 5.82 Å². The minimum atomic E-state index is -3.84. The lowest BCUT2D eigenvalue weighted by Gasteiger charge is -2.07. The molecule has 0 bridgehead atoms. The van der Waals surface area contributed by atoms with E-state index in [0.29, 0.717) is 5.82 Å². The Morgan fingerprint density at radius 2 is 2.09 bits per heavy atom. The van der Waals surface area contributed by atoms with Crippen molar-refractivity contribution in [1.82, 2.24) is 24.9 Å². The molecule has 22 heavy (non-hydrogen) atoms. The predicted molar refractivity (Wildman–Crippen MR) is 75.9 cm³/mol. The van der Waals surface area contributed by atoms with Crippen LogP contribution in [-0.4, -0.2) is 33.3 Å². The van der Waals surface area contributed by atoms with Gasteiger partial charge in [-0.3, -0.25) is 4.72 Å². The highest BCUT2D eigenvalue weighted by Crippen LogP contribution is 2.21. The molecule has 0 saturated carbocycles. The summed E-state index contributed by atoms with van der Waals surface area (Å²) in [6.45, 7) is 3.09. The molecule has 0 radical (unpaired) electrons. The van der Waals surface area contributed by atoms with E-state index in [1.165, 1.54) is 24.0 Å². The fourth-order valence-corrected chi connectivity index (χ4v) is 3.31. The molecule has 0 unspecified atom stereocenters. The van der Waals surface area contributed by atoms with Crippen LogP contribution in [0.5, 0.6) is 0 Å². The normalized spacial score (nSPS) is 11.5. The summed E-state index contributed by atoms with van der Waals surface area (Å²) in [4.78, 5) is 7.95. The third kappa shape index (κ3) is 2.55. The monoisotopic (exact) mass is 320 g/mol. The Morgan fingerprint density at radius 1 is 1.27 bits per heavy atom. The van der Waals surface area contributed by atoms with Crippen LogP contribution >= 0.6 is 0 Å². The van der Waals surface area contributed by atoms with E-state index in [4.69, 9.17) is 4.52 Å². The van der Waals surface area contributed by atoms with Crippen LogP contribution < -0.4 is 4.72 Å². The Balaban J connectivity index is 1.95. The number of aryl methyl sites for hydroxylation is 2. The second kappa shape index (κ2) is 5.22. The smallest absolute Gasteiger partial charge is 0.268 e. The summed E-state index contributed by atoms with van der Waals surface area (Å²) in [6.07, 6.45) is 4.53. The molecule has 10 heteroatoms. The van der Waals surface area contributed by atoms with E-state index < -0.39 is 10.0 Å². The second-order valence-corrected chi connectivity index (χ2v) is 6.09. The second-order valence-electron chi connectivity index (χ2n) is 4.47. The van der Waals surface area contributed by atoms with Gasteiger partial charge in [0.1, 0.15) is 17.8 Å². The molecule has 9 nitrogen and oxygen atoms in total. The Kier molecular flexibility index (Phi) is 3.37. The average molecular weight is 320 g/mol. The first-order valence-corrected chi connectivity index (χ1v) is 7.73. The third-order valence-corrected chi connectivity index (χ3v) is 4.47. The number of hydrogen-bond acceptors (Lipinski definition) is 7. The van der Waals surface area contributed by atoms with E-state index in [1.54, 1.807) is 25.4 Å². The molecule has 0 aliphatic heterocycles. The first-order chi connectivity index (χ1) is 10.5. The van der Waals surface area contributed by atoms with Crippen molar-refractivity contribution in [2.75, 3.05) is 4.72 Å². The van der Waals surface area contributed by atoms with Crippen molar-refractivity contribution in [3.63, 3.8) is 0 Å². The van der Waals surface area contributed by atoms with Gasteiger partial charge < -0.3 is 4.52 Å². The summed E-state index contributed by atoms with van der Waals surface area (Å²) in [5.41, 5.74) is 0.284. The van der Waals surface area contributed by atoms with Gasteiger partial charge >= 0.3 is 0 Å². The van der Waals surface area contributed by atoms with E-state index >= 15 is 0 Å². The molecule has 114 valence electrons. The summed E-state index contributed by atoms with van der Waals surface area (Å²) >= 11 is 0. The molecule has 3 aromatic heterocycles. The molecule has 3 rings (SSSR count). The fraction of sp³-hybridized carbons (Fsp3) is 0.167. The minimum absolute atomic E-state index is 0.00625. The van der Waals surface area contributed by atoms with Gasteiger partial charge in [0, 0.05) is 18.5 Å². The molecule has 0 aromatic carbocycles. The van der Waals surface area contributed by atoms with Gasteiger partial charge in [-0.2, -0.15) is 5.10 Å². The van der Waals surface area contributed by atoms with Crippen LogP contribution in [0.4, 0.5) is 5.82 Å². The number of hydrogen-bond donors (Lipinski definition) is 1. The van der Waals surface area contributed by atoms with E-state index in [0.717, 1.165) is 0 Å². The van der Waals surface area contributed by atoms with Crippen LogP contribution in [0.25, 0.3) is 5.82 Å². The maximum atomic E-state index is 12.4. The van der Waals surface area contributed by atoms with Gasteiger partial charge in [-0.1, -0.05) is 5.16 Å². The number of nitrogens with zero attached hydrogens (tertiary/aromatic N) is 5. The topological polar surface area (TPSA) is 116 Å². The molecule has 1 N–H and O–H groups in total. The maximum Gasteiger partial charge on any atom is 0.268 e. The summed E-state index contributed by atoms with van der Waals surface area (Å²) in [7, 11) is -3.84. The molecular weight excluding hydrogens is 308 g/mol. The van der Waals surface area contributed by atoms with E-state index in [-0.39, 0.29) is 22.2 Å². The van der Waals surface area contributed by atoms with Gasteiger partial charge in [-0.25, -0.2) is 23.1 Å². The van der Waals surface area contributed by atoms with Gasteiger partial charge in [0.15, 0.2) is 16.5 Å². The summed E-state index contributed by atoms with van der Waals surface area (Å²) in [6, 6.07) is 3.21. The zero-order valence-corrected chi connectivity index (χ0v) is 12.6. The van der Waals surface area contributed by atoms with Crippen LogP contribution in [-0.2, 0) is 10.0 Å². The van der Waals surface area contributed by atoms with E-state index in [9.17, 15) is 8.42 Å². The molecule has 0 aliphatic carbocycles. The molecular formula is C12H12N6O3S. The minimum Gasteiger partial charge on any atom is -0.360 e. The molecule has 3 aromatic rings. The number of anilines is 1. The molecule has 0 fully saturated rings. The predicted octanol–water partition coefficient (Wildman–Crippen LogP) is 1.07. The Bertz CT molecular complexity index is 881. The van der Waals surface area contributed by atoms with Crippen molar-refractivity contribution in [1.29, 1.82) is 0 Å². The highest BCUT2D eigenvalue weighted by molar-refractivity contribution is 7.92. The van der Waals surface area contributed by atoms with Gasteiger partial charge in [-0.05, 0) is 19.9 Å². The van der Waals surface area contributed by atoms with Gasteiger partial charge in [-0.15, -0.1) is 0 Å². The first kappa shape index (κ1) is 14.2. The molecule has 0 atom stereocenters. The highest BCUT2D eigenvalue weighted by atomic mass is 32.2. The maximum absolute atomic E-state index is 12.4. The number of nitrogens with one attached hydrogen (secondary N) is 1. The average Bonchev–Trinajstić information content (AvgIpc) is 3.09. The quantitative estimate of drug-likeness (QED) is 0.764. The lowest BCUT2D eigenvalue weighted by molar-refractivity contribution is 0.390. The number of rotatable bonds is 4. The Hall–Kier alpha value is -2.75. The van der Waals surface area contributed by atoms with Crippen molar-refractivity contribution in [2.24, 2.45) is 0 Å². The summed E-state index contributed by atoms with van der Waals surface area (Å²) < 4.78 is 33.6. The van der Waals surface area contributed by atoms with Crippen LogP contribution in [0.1, 0.15) is 11.5 Å².